The molecule has 2 amide bonds. The number of benzene rings is 3. The average molecular weight is 871 g/mol. The fourth-order valence-corrected chi connectivity index (χ4v) is 9.64. The van der Waals surface area contributed by atoms with E-state index in [1.807, 2.05) is 54.8 Å². The number of nitrogens with two attached hydrogens (primary N) is 2. The highest BCUT2D eigenvalue weighted by Crippen LogP contribution is 2.46. The van der Waals surface area contributed by atoms with Gasteiger partial charge in [-0.1, -0.05) is 84.8 Å². The second-order valence-electron chi connectivity index (χ2n) is 15.7. The van der Waals surface area contributed by atoms with Crippen molar-refractivity contribution in [3.63, 3.8) is 0 Å². The van der Waals surface area contributed by atoms with Gasteiger partial charge in [-0.05, 0) is 73.1 Å². The van der Waals surface area contributed by atoms with Crippen LogP contribution >= 0.6 is 34.8 Å². The van der Waals surface area contributed by atoms with Gasteiger partial charge < -0.3 is 34.8 Å². The molecule has 2 saturated heterocycles. The van der Waals surface area contributed by atoms with E-state index in [-0.39, 0.29) is 34.7 Å². The van der Waals surface area contributed by atoms with E-state index in [9.17, 15) is 14.7 Å². The van der Waals surface area contributed by atoms with E-state index < -0.39 is 17.7 Å². The number of carboxylic acids is 1. The molecule has 2 fully saturated rings. The molecule has 2 unspecified atom stereocenters. The van der Waals surface area contributed by atoms with Gasteiger partial charge in [-0.15, -0.1) is 11.6 Å². The van der Waals surface area contributed by atoms with Crippen molar-refractivity contribution in [2.75, 3.05) is 36.5 Å². The number of amides is 2. The average Bonchev–Trinajstić information content (AvgIpc) is 3.50. The summed E-state index contributed by atoms with van der Waals surface area (Å²) in [7, 11) is 0. The number of carbonyl (C=O) groups excluding carboxylic acids is 2. The van der Waals surface area contributed by atoms with E-state index in [0.29, 0.717) is 101 Å². The van der Waals surface area contributed by atoms with Crippen LogP contribution in [0.4, 0.5) is 16.2 Å². The van der Waals surface area contributed by atoms with Crippen molar-refractivity contribution in [2.45, 2.75) is 56.2 Å². The summed E-state index contributed by atoms with van der Waals surface area (Å²) in [6.45, 7) is 4.32. The molecule has 0 saturated carbocycles. The smallest absolute Gasteiger partial charge is 0.410 e. The summed E-state index contributed by atoms with van der Waals surface area (Å²) in [5, 5.41) is 14.4. The zero-order valence-corrected chi connectivity index (χ0v) is 35.2. The number of allylic oxidation sites excluding steroid dienone is 4. The molecule has 15 heteroatoms. The Hall–Kier alpha value is -5.24. The normalized spacial score (nSPS) is 20.5. The molecule has 0 radical (unpaired) electrons. The molecular formula is C45H46Cl3N7O5. The lowest BCUT2D eigenvalue weighted by molar-refractivity contribution is 0.0499. The number of halogens is 3. The molecule has 312 valence electrons. The van der Waals surface area contributed by atoms with Gasteiger partial charge in [0.15, 0.2) is 5.79 Å². The zero-order chi connectivity index (χ0) is 42.3. The third kappa shape index (κ3) is 8.02. The maximum atomic E-state index is 15.1. The molecule has 60 heavy (non-hydrogen) atoms. The lowest BCUT2D eigenvalue weighted by Gasteiger charge is -2.42. The second kappa shape index (κ2) is 17.0. The van der Waals surface area contributed by atoms with Gasteiger partial charge >= 0.3 is 12.1 Å². The zero-order valence-electron chi connectivity index (χ0n) is 33.0. The Balaban J connectivity index is 1.27. The van der Waals surface area contributed by atoms with Crippen LogP contribution in [0.15, 0.2) is 102 Å². The Morgan fingerprint density at radius 3 is 2.50 bits per heavy atom. The van der Waals surface area contributed by atoms with Crippen LogP contribution in [0.1, 0.15) is 71.0 Å². The van der Waals surface area contributed by atoms with Gasteiger partial charge in [0.2, 0.25) is 0 Å². The molecule has 1 aliphatic carbocycles. The number of hydrogen-bond acceptors (Lipinski definition) is 8. The van der Waals surface area contributed by atoms with E-state index in [4.69, 9.17) is 51.0 Å². The quantitative estimate of drug-likeness (QED) is 0.0814. The summed E-state index contributed by atoms with van der Waals surface area (Å²) in [6, 6.07) is 20.0. The molecule has 12 nitrogen and oxygen atoms in total. The van der Waals surface area contributed by atoms with Crippen molar-refractivity contribution in [1.29, 1.82) is 0 Å². The Bertz CT molecular complexity index is 2470. The number of piperidine rings is 1. The van der Waals surface area contributed by atoms with Crippen molar-refractivity contribution in [1.82, 2.24) is 14.8 Å². The van der Waals surface area contributed by atoms with Gasteiger partial charge in [0.25, 0.3) is 5.91 Å². The molecule has 4 aromatic rings. The third-order valence-corrected chi connectivity index (χ3v) is 12.6. The number of ether oxygens (including phenoxy) is 1. The highest BCUT2D eigenvalue weighted by Gasteiger charge is 2.41. The number of carbonyl (C=O) groups is 3. The first-order valence-electron chi connectivity index (χ1n) is 20.0. The minimum absolute atomic E-state index is 0.00699. The standard InChI is InChI=1S/C45H46Cl3N7O5/c1-26-7-5-19-55(45(49,50)33-14-12-29(46)24-34(33)48)41(38(26)27-8-3-2-4-9-27)39-32-13-11-30(47)25-35(32)51-40(39)42(56)52-36-23-28(43(57)58)10-15-37(36)53-20-16-31(17-21-53)54-18-6-22-60-44(54)59/h2-5,8-15,19,23,25-26,29,31,51H,6-7,16-18,20-22,24,49-50H2,1H3,(H,52,56)(H,57,58). The molecule has 3 aromatic carbocycles. The monoisotopic (exact) mass is 869 g/mol. The molecule has 8 rings (SSSR count). The van der Waals surface area contributed by atoms with Crippen LogP contribution in [-0.4, -0.2) is 81.3 Å². The van der Waals surface area contributed by atoms with E-state index >= 15 is 4.79 Å². The molecule has 2 atom stereocenters. The molecular weight excluding hydrogens is 825 g/mol. The van der Waals surface area contributed by atoms with Crippen LogP contribution in [0.25, 0.3) is 22.2 Å². The van der Waals surface area contributed by atoms with Crippen molar-refractivity contribution >= 4 is 86.3 Å². The molecule has 4 heterocycles. The Kier molecular flexibility index (Phi) is 11.8. The lowest BCUT2D eigenvalue weighted by atomic mass is 9.86. The number of fused-ring (bicyclic) bond motifs is 1. The Morgan fingerprint density at radius 2 is 1.78 bits per heavy atom. The summed E-state index contributed by atoms with van der Waals surface area (Å²) >= 11 is 19.9. The van der Waals surface area contributed by atoms with E-state index in [0.717, 1.165) is 17.6 Å². The van der Waals surface area contributed by atoms with Crippen molar-refractivity contribution in [3.8, 4) is 0 Å². The van der Waals surface area contributed by atoms with Gasteiger partial charge in [0, 0.05) is 70.4 Å². The number of aromatic amines is 1. The SMILES string of the molecule is CC1CC=CN(C(N)(N)C2=C(Cl)CC(Cl)C=C2)C(c2c(C(=O)Nc3cc(C(=O)O)ccc3N3CCC(N4CCCOC4=O)CC3)[nH]c3cc(Cl)ccc23)=C1c1ccccc1. The topological polar surface area (TPSA) is 170 Å². The fourth-order valence-electron chi connectivity index (χ4n) is 8.78. The van der Waals surface area contributed by atoms with Crippen LogP contribution in [0.5, 0.6) is 0 Å². The second-order valence-corrected chi connectivity index (χ2v) is 17.1. The van der Waals surface area contributed by atoms with Gasteiger partial charge in [0.1, 0.15) is 5.69 Å². The number of alkyl halides is 1. The molecule has 7 N–H and O–H groups in total. The number of aromatic nitrogens is 1. The molecule has 0 bridgehead atoms. The van der Waals surface area contributed by atoms with Crippen LogP contribution in [0.2, 0.25) is 5.02 Å². The first-order chi connectivity index (χ1) is 28.8. The summed E-state index contributed by atoms with van der Waals surface area (Å²) in [5.41, 5.74) is 19.5. The number of anilines is 2. The summed E-state index contributed by atoms with van der Waals surface area (Å²) in [5.74, 6) is -3.49. The number of nitrogens with one attached hydrogen (secondary N) is 2. The van der Waals surface area contributed by atoms with Crippen molar-refractivity contribution in [3.05, 3.63) is 129 Å². The number of carboxylic acid groups (broad SMARTS) is 1. The summed E-state index contributed by atoms with van der Waals surface area (Å²) in [6.07, 6.45) is 10.2. The van der Waals surface area contributed by atoms with Gasteiger partial charge in [-0.3, -0.25) is 16.3 Å². The highest BCUT2D eigenvalue weighted by molar-refractivity contribution is 6.32. The van der Waals surface area contributed by atoms with Crippen LogP contribution in [0, 0.1) is 5.92 Å². The maximum Gasteiger partial charge on any atom is 0.410 e. The minimum atomic E-state index is -1.73. The number of rotatable bonds is 9. The largest absolute Gasteiger partial charge is 0.478 e. The lowest BCUT2D eigenvalue weighted by Crippen LogP contribution is -2.62. The number of aromatic carboxylic acids is 1. The van der Waals surface area contributed by atoms with Crippen LogP contribution in [0.3, 0.4) is 0 Å². The number of nitrogens with zero attached hydrogens (tertiary/aromatic N) is 3. The van der Waals surface area contributed by atoms with Gasteiger partial charge in [0.05, 0.1) is 34.6 Å². The first kappa shape index (κ1) is 41.5. The maximum absolute atomic E-state index is 15.1. The first-order valence-corrected chi connectivity index (χ1v) is 21.2. The van der Waals surface area contributed by atoms with Crippen LogP contribution < -0.4 is 21.7 Å². The van der Waals surface area contributed by atoms with E-state index in [1.165, 1.54) is 12.1 Å². The van der Waals surface area contributed by atoms with Gasteiger partial charge in [-0.2, -0.15) is 0 Å². The third-order valence-electron chi connectivity index (χ3n) is 11.8. The minimum Gasteiger partial charge on any atom is -0.478 e. The molecule has 1 aromatic heterocycles. The Morgan fingerprint density at radius 1 is 1.02 bits per heavy atom. The van der Waals surface area contributed by atoms with Crippen molar-refractivity contribution < 1.29 is 24.2 Å². The summed E-state index contributed by atoms with van der Waals surface area (Å²) in [4.78, 5) is 49.0. The van der Waals surface area contributed by atoms with E-state index in [2.05, 4.69) is 22.1 Å². The molecule has 0 spiro atoms. The van der Waals surface area contributed by atoms with Gasteiger partial charge in [-0.25, -0.2) is 9.59 Å². The highest BCUT2D eigenvalue weighted by atomic mass is 35.5. The van der Waals surface area contributed by atoms with E-state index in [1.54, 1.807) is 34.1 Å². The predicted octanol–water partition coefficient (Wildman–Crippen LogP) is 8.94. The number of hydrogen-bond donors (Lipinski definition) is 5. The fraction of sp³-hybridized carbons (Fsp3) is 0.311. The Labute approximate surface area is 363 Å². The molecule has 3 aliphatic heterocycles. The predicted molar refractivity (Wildman–Crippen MR) is 238 cm³/mol. The van der Waals surface area contributed by atoms with Crippen LogP contribution in [-0.2, 0) is 4.74 Å². The van der Waals surface area contributed by atoms with Crippen molar-refractivity contribution in [2.24, 2.45) is 17.4 Å². The summed E-state index contributed by atoms with van der Waals surface area (Å²) < 4.78 is 5.31. The number of cyclic esters (lactones) is 1. The molecule has 4 aliphatic rings. The number of H-pyrrole nitrogens is 1.